The van der Waals surface area contributed by atoms with Gasteiger partial charge in [0.05, 0.1) is 17.7 Å². The second kappa shape index (κ2) is 12.9. The quantitative estimate of drug-likeness (QED) is 0.328. The zero-order valence-corrected chi connectivity index (χ0v) is 25.3. The lowest BCUT2D eigenvalue weighted by Crippen LogP contribution is -2.54. The van der Waals surface area contributed by atoms with E-state index in [1.54, 1.807) is 56.5 Å². The first kappa shape index (κ1) is 31.3. The third kappa shape index (κ3) is 8.13. The minimum absolute atomic E-state index is 0.0510. The zero-order chi connectivity index (χ0) is 29.7. The fourth-order valence-corrected chi connectivity index (χ4v) is 5.59. The average Bonchev–Trinajstić information content (AvgIpc) is 2.89. The summed E-state index contributed by atoms with van der Waals surface area (Å²) in [7, 11) is -2.67. The highest BCUT2D eigenvalue weighted by atomic mass is 35.5. The van der Waals surface area contributed by atoms with Crippen LogP contribution in [-0.4, -0.2) is 50.4 Å². The standard InChI is InChI=1S/C29H33Cl2N3O5S/c1-20(28(36)32-29(2,3)4)33(18-21-9-13-25(39-5)14-10-21)27(35)19-34(24-8-6-7-23(31)17-24)40(37,38)26-15-11-22(30)12-16-26/h6-17,20H,18-19H2,1-5H3,(H,32,36). The van der Waals surface area contributed by atoms with Crippen molar-refractivity contribution in [2.24, 2.45) is 0 Å². The molecule has 1 N–H and O–H groups in total. The number of hydrogen-bond donors (Lipinski definition) is 1. The summed E-state index contributed by atoms with van der Waals surface area (Å²) in [6.07, 6.45) is 0. The third-order valence-corrected chi connectivity index (χ3v) is 8.23. The molecule has 0 bridgehead atoms. The largest absolute Gasteiger partial charge is 0.497 e. The molecule has 40 heavy (non-hydrogen) atoms. The number of ether oxygens (including phenoxy) is 1. The Morgan fingerprint density at radius 2 is 1.57 bits per heavy atom. The van der Waals surface area contributed by atoms with Crippen molar-refractivity contribution in [2.45, 2.75) is 50.7 Å². The number of carbonyl (C=O) groups is 2. The molecule has 0 aliphatic heterocycles. The van der Waals surface area contributed by atoms with Crippen LogP contribution in [0.1, 0.15) is 33.3 Å². The van der Waals surface area contributed by atoms with Gasteiger partial charge in [-0.1, -0.05) is 41.4 Å². The Morgan fingerprint density at radius 1 is 0.950 bits per heavy atom. The van der Waals surface area contributed by atoms with Gasteiger partial charge < -0.3 is 15.0 Å². The SMILES string of the molecule is COc1ccc(CN(C(=O)CN(c2cccc(Cl)c2)S(=O)(=O)c2ccc(Cl)cc2)C(C)C(=O)NC(C)(C)C)cc1. The Morgan fingerprint density at radius 3 is 2.12 bits per heavy atom. The first-order valence-corrected chi connectivity index (χ1v) is 14.7. The van der Waals surface area contributed by atoms with Crippen molar-refractivity contribution in [3.8, 4) is 5.75 Å². The van der Waals surface area contributed by atoms with Crippen molar-refractivity contribution in [2.75, 3.05) is 18.0 Å². The van der Waals surface area contributed by atoms with Gasteiger partial charge in [0.15, 0.2) is 0 Å². The lowest BCUT2D eigenvalue weighted by molar-refractivity contribution is -0.140. The number of halogens is 2. The van der Waals surface area contributed by atoms with Gasteiger partial charge in [0.2, 0.25) is 11.8 Å². The first-order valence-electron chi connectivity index (χ1n) is 12.5. The Balaban J connectivity index is 2.03. The van der Waals surface area contributed by atoms with Gasteiger partial charge >= 0.3 is 0 Å². The number of carbonyl (C=O) groups excluding carboxylic acids is 2. The molecule has 1 atom stereocenters. The molecule has 0 aliphatic carbocycles. The van der Waals surface area contributed by atoms with E-state index < -0.39 is 34.1 Å². The van der Waals surface area contributed by atoms with Crippen molar-refractivity contribution >= 4 is 50.7 Å². The molecule has 0 saturated heterocycles. The lowest BCUT2D eigenvalue weighted by Gasteiger charge is -2.33. The molecule has 3 aromatic rings. The van der Waals surface area contributed by atoms with E-state index in [0.29, 0.717) is 15.8 Å². The van der Waals surface area contributed by atoms with E-state index in [1.807, 2.05) is 20.8 Å². The maximum Gasteiger partial charge on any atom is 0.264 e. The molecule has 3 aromatic carbocycles. The van der Waals surface area contributed by atoms with Crippen LogP contribution < -0.4 is 14.4 Å². The van der Waals surface area contributed by atoms with E-state index in [2.05, 4.69) is 5.32 Å². The van der Waals surface area contributed by atoms with Crippen LogP contribution in [0.5, 0.6) is 5.75 Å². The van der Waals surface area contributed by atoms with Gasteiger partial charge in [0.25, 0.3) is 10.0 Å². The number of nitrogens with one attached hydrogen (secondary N) is 1. The van der Waals surface area contributed by atoms with Crippen molar-refractivity contribution in [3.05, 3.63) is 88.4 Å². The normalized spacial score (nSPS) is 12.4. The summed E-state index contributed by atoms with van der Waals surface area (Å²) in [4.78, 5) is 28.4. The summed E-state index contributed by atoms with van der Waals surface area (Å²) in [6.45, 7) is 6.62. The van der Waals surface area contributed by atoms with Gasteiger partial charge in [-0.2, -0.15) is 0 Å². The Hall–Kier alpha value is -3.27. The topological polar surface area (TPSA) is 96.0 Å². The monoisotopic (exact) mass is 605 g/mol. The van der Waals surface area contributed by atoms with E-state index >= 15 is 0 Å². The second-order valence-corrected chi connectivity index (χ2v) is 13.0. The molecule has 0 radical (unpaired) electrons. The van der Waals surface area contributed by atoms with Gasteiger partial charge in [-0.25, -0.2) is 8.42 Å². The summed E-state index contributed by atoms with van der Waals surface area (Å²) in [5.74, 6) is -0.310. The molecule has 0 spiro atoms. The molecule has 8 nitrogen and oxygen atoms in total. The fourth-order valence-electron chi connectivity index (χ4n) is 3.88. The number of rotatable bonds is 10. The van der Waals surface area contributed by atoms with Crippen LogP contribution in [-0.2, 0) is 26.2 Å². The molecule has 0 fully saturated rings. The summed E-state index contributed by atoms with van der Waals surface area (Å²) >= 11 is 12.2. The van der Waals surface area contributed by atoms with E-state index in [4.69, 9.17) is 27.9 Å². The molecule has 11 heteroatoms. The highest BCUT2D eigenvalue weighted by Gasteiger charge is 2.33. The van der Waals surface area contributed by atoms with Gasteiger partial charge in [-0.15, -0.1) is 0 Å². The second-order valence-electron chi connectivity index (χ2n) is 10.2. The van der Waals surface area contributed by atoms with Crippen LogP contribution in [0, 0.1) is 0 Å². The predicted molar refractivity (Wildman–Crippen MR) is 158 cm³/mol. The van der Waals surface area contributed by atoms with Crippen molar-refractivity contribution in [1.29, 1.82) is 0 Å². The van der Waals surface area contributed by atoms with Crippen molar-refractivity contribution in [1.82, 2.24) is 10.2 Å². The highest BCUT2D eigenvalue weighted by Crippen LogP contribution is 2.27. The van der Waals surface area contributed by atoms with Gasteiger partial charge in [0.1, 0.15) is 18.3 Å². The predicted octanol–water partition coefficient (Wildman–Crippen LogP) is 5.53. The zero-order valence-electron chi connectivity index (χ0n) is 23.0. The average molecular weight is 607 g/mol. The number of methoxy groups -OCH3 is 1. The summed E-state index contributed by atoms with van der Waals surface area (Å²) in [6, 6.07) is 18.0. The number of hydrogen-bond acceptors (Lipinski definition) is 5. The summed E-state index contributed by atoms with van der Waals surface area (Å²) in [5, 5.41) is 3.57. The van der Waals surface area contributed by atoms with Crippen molar-refractivity contribution < 1.29 is 22.7 Å². The number of anilines is 1. The van der Waals surface area contributed by atoms with Crippen LogP contribution in [0.15, 0.2) is 77.7 Å². The third-order valence-electron chi connectivity index (χ3n) is 5.95. The van der Waals surface area contributed by atoms with Crippen LogP contribution in [0.2, 0.25) is 10.0 Å². The van der Waals surface area contributed by atoms with E-state index in [9.17, 15) is 18.0 Å². The maximum absolute atomic E-state index is 13.9. The maximum atomic E-state index is 13.9. The smallest absolute Gasteiger partial charge is 0.264 e. The van der Waals surface area contributed by atoms with Gasteiger partial charge in [-0.3, -0.25) is 13.9 Å². The Kier molecular flexibility index (Phi) is 10.1. The minimum Gasteiger partial charge on any atom is -0.497 e. The van der Waals surface area contributed by atoms with E-state index in [-0.39, 0.29) is 23.0 Å². The molecule has 3 rings (SSSR count). The molecule has 2 amide bonds. The van der Waals surface area contributed by atoms with Crippen LogP contribution in [0.3, 0.4) is 0 Å². The highest BCUT2D eigenvalue weighted by molar-refractivity contribution is 7.92. The van der Waals surface area contributed by atoms with Gasteiger partial charge in [-0.05, 0) is 87.9 Å². The van der Waals surface area contributed by atoms with Crippen LogP contribution in [0.25, 0.3) is 0 Å². The minimum atomic E-state index is -4.22. The molecule has 214 valence electrons. The molecule has 0 heterocycles. The molecule has 0 saturated carbocycles. The Labute approximate surface area is 245 Å². The number of amides is 2. The fraction of sp³-hybridized carbons (Fsp3) is 0.310. The number of nitrogens with zero attached hydrogens (tertiary/aromatic N) is 2. The van der Waals surface area contributed by atoms with Crippen LogP contribution in [0.4, 0.5) is 5.69 Å². The molecular formula is C29H33Cl2N3O5S. The molecule has 0 aliphatic rings. The summed E-state index contributed by atoms with van der Waals surface area (Å²) in [5.41, 5.74) is 0.400. The number of benzene rings is 3. The van der Waals surface area contributed by atoms with E-state index in [0.717, 1.165) is 9.87 Å². The molecule has 1 unspecified atom stereocenters. The Bertz CT molecular complexity index is 1440. The molecular weight excluding hydrogens is 573 g/mol. The lowest BCUT2D eigenvalue weighted by atomic mass is 10.1. The first-order chi connectivity index (χ1) is 18.7. The molecule has 0 aromatic heterocycles. The van der Waals surface area contributed by atoms with Crippen molar-refractivity contribution in [3.63, 3.8) is 0 Å². The van der Waals surface area contributed by atoms with E-state index in [1.165, 1.54) is 35.2 Å². The summed E-state index contributed by atoms with van der Waals surface area (Å²) < 4.78 is 33.8. The number of sulfonamides is 1. The van der Waals surface area contributed by atoms with Crippen LogP contribution >= 0.6 is 23.2 Å². The van der Waals surface area contributed by atoms with Gasteiger partial charge in [0, 0.05) is 22.1 Å².